The van der Waals surface area contributed by atoms with E-state index >= 15 is 0 Å². The molecular weight excluding hydrogens is 387 g/mol. The molecule has 0 atom stereocenters. The molecule has 3 aromatic carbocycles. The third-order valence-corrected chi connectivity index (χ3v) is 5.64. The summed E-state index contributed by atoms with van der Waals surface area (Å²) in [7, 11) is 0. The van der Waals surface area contributed by atoms with Crippen LogP contribution in [0, 0.1) is 10.5 Å². The molecule has 0 bridgehead atoms. The molecular formula is C19H13IS. The highest BCUT2D eigenvalue weighted by atomic mass is 127. The Balaban J connectivity index is 1.98. The number of aryl methyl sites for hydroxylation is 1. The van der Waals surface area contributed by atoms with Crippen molar-refractivity contribution in [3.8, 4) is 11.1 Å². The van der Waals surface area contributed by atoms with Crippen LogP contribution in [0.4, 0.5) is 0 Å². The highest BCUT2D eigenvalue weighted by molar-refractivity contribution is 14.1. The lowest BCUT2D eigenvalue weighted by molar-refractivity contribution is 1.47. The van der Waals surface area contributed by atoms with Gasteiger partial charge in [-0.1, -0.05) is 35.9 Å². The monoisotopic (exact) mass is 400 g/mol. The van der Waals surface area contributed by atoms with Crippen molar-refractivity contribution in [2.75, 3.05) is 0 Å². The van der Waals surface area contributed by atoms with Gasteiger partial charge in [-0.25, -0.2) is 0 Å². The maximum Gasteiger partial charge on any atom is 0.0356 e. The molecule has 0 amide bonds. The third-order valence-electron chi connectivity index (χ3n) is 3.82. The van der Waals surface area contributed by atoms with Gasteiger partial charge < -0.3 is 0 Å². The molecule has 1 heterocycles. The van der Waals surface area contributed by atoms with E-state index < -0.39 is 0 Å². The number of fused-ring (bicyclic) bond motifs is 3. The van der Waals surface area contributed by atoms with Crippen molar-refractivity contribution in [1.29, 1.82) is 0 Å². The van der Waals surface area contributed by atoms with Crippen LogP contribution in [0.1, 0.15) is 5.56 Å². The first-order valence-electron chi connectivity index (χ1n) is 6.89. The molecule has 0 spiro atoms. The summed E-state index contributed by atoms with van der Waals surface area (Å²) in [6.07, 6.45) is 0. The van der Waals surface area contributed by atoms with Crippen molar-refractivity contribution in [1.82, 2.24) is 0 Å². The predicted molar refractivity (Wildman–Crippen MR) is 102 cm³/mol. The fourth-order valence-corrected chi connectivity index (χ4v) is 4.23. The molecule has 2 heteroatoms. The summed E-state index contributed by atoms with van der Waals surface area (Å²) in [5.41, 5.74) is 3.88. The van der Waals surface area contributed by atoms with Gasteiger partial charge in [0.05, 0.1) is 0 Å². The smallest absolute Gasteiger partial charge is 0.0356 e. The molecule has 21 heavy (non-hydrogen) atoms. The lowest BCUT2D eigenvalue weighted by atomic mass is 10.0. The molecule has 0 saturated carbocycles. The summed E-state index contributed by atoms with van der Waals surface area (Å²) in [5, 5.41) is 2.74. The maximum absolute atomic E-state index is 2.39. The fraction of sp³-hybridized carbons (Fsp3) is 0.0526. The summed E-state index contributed by atoms with van der Waals surface area (Å²) in [6.45, 7) is 2.13. The Hall–Kier alpha value is -1.39. The fourth-order valence-electron chi connectivity index (χ4n) is 2.68. The van der Waals surface area contributed by atoms with Gasteiger partial charge in [-0.2, -0.15) is 0 Å². The minimum atomic E-state index is 1.28. The summed E-state index contributed by atoms with van der Waals surface area (Å²) >= 11 is 4.26. The Kier molecular flexibility index (Phi) is 3.23. The van der Waals surface area contributed by atoms with E-state index in [4.69, 9.17) is 0 Å². The molecule has 0 fully saturated rings. The lowest BCUT2D eigenvalue weighted by Gasteiger charge is -2.03. The SMILES string of the molecule is Cc1ccc(-c2ccc3sc4ccc(I)cc4c3c2)cc1. The van der Waals surface area contributed by atoms with Gasteiger partial charge >= 0.3 is 0 Å². The molecule has 4 rings (SSSR count). The second-order valence-electron chi connectivity index (χ2n) is 5.32. The van der Waals surface area contributed by atoms with E-state index in [1.54, 1.807) is 0 Å². The molecule has 0 nitrogen and oxygen atoms in total. The molecule has 0 unspecified atom stereocenters. The standard InChI is InChI=1S/C19H13IS/c1-12-2-4-13(5-3-12)14-6-8-18-16(10-14)17-11-15(20)7-9-19(17)21-18/h2-11H,1H3. The summed E-state index contributed by atoms with van der Waals surface area (Å²) in [6, 6.07) is 22.3. The molecule has 0 aliphatic rings. The van der Waals surface area contributed by atoms with Crippen molar-refractivity contribution in [2.24, 2.45) is 0 Å². The normalized spacial score (nSPS) is 11.3. The Labute approximate surface area is 141 Å². The van der Waals surface area contributed by atoms with Crippen molar-refractivity contribution >= 4 is 54.1 Å². The molecule has 0 radical (unpaired) electrons. The van der Waals surface area contributed by atoms with E-state index in [1.165, 1.54) is 40.4 Å². The molecule has 102 valence electrons. The maximum atomic E-state index is 2.39. The molecule has 1 aromatic heterocycles. The van der Waals surface area contributed by atoms with Gasteiger partial charge in [0.1, 0.15) is 0 Å². The quantitative estimate of drug-likeness (QED) is 0.315. The van der Waals surface area contributed by atoms with Gasteiger partial charge in [0.2, 0.25) is 0 Å². The minimum Gasteiger partial charge on any atom is -0.135 e. The van der Waals surface area contributed by atoms with Crippen LogP contribution >= 0.6 is 33.9 Å². The largest absolute Gasteiger partial charge is 0.135 e. The van der Waals surface area contributed by atoms with E-state index in [0.29, 0.717) is 0 Å². The van der Waals surface area contributed by atoms with Gasteiger partial charge in [-0.15, -0.1) is 11.3 Å². The van der Waals surface area contributed by atoms with Crippen LogP contribution in [0.5, 0.6) is 0 Å². The molecule has 0 aliphatic carbocycles. The second-order valence-corrected chi connectivity index (χ2v) is 7.65. The van der Waals surface area contributed by atoms with Gasteiger partial charge in [0, 0.05) is 23.7 Å². The first kappa shape index (κ1) is 13.3. The average Bonchev–Trinajstić information content (AvgIpc) is 2.85. The Morgan fingerprint density at radius 1 is 0.714 bits per heavy atom. The first-order chi connectivity index (χ1) is 10.2. The molecule has 0 N–H and O–H groups in total. The Morgan fingerprint density at radius 2 is 1.33 bits per heavy atom. The van der Waals surface area contributed by atoms with Gasteiger partial charge in [0.15, 0.2) is 0 Å². The van der Waals surface area contributed by atoms with E-state index in [-0.39, 0.29) is 0 Å². The van der Waals surface area contributed by atoms with E-state index in [9.17, 15) is 0 Å². The van der Waals surface area contributed by atoms with Crippen molar-refractivity contribution in [3.05, 3.63) is 69.8 Å². The van der Waals surface area contributed by atoms with Crippen LogP contribution in [0.2, 0.25) is 0 Å². The predicted octanol–water partition coefficient (Wildman–Crippen LogP) is 6.63. The van der Waals surface area contributed by atoms with Crippen LogP contribution in [0.25, 0.3) is 31.3 Å². The Bertz CT molecular complexity index is 949. The van der Waals surface area contributed by atoms with Crippen LogP contribution < -0.4 is 0 Å². The van der Waals surface area contributed by atoms with E-state index in [2.05, 4.69) is 90.2 Å². The zero-order valence-electron chi connectivity index (χ0n) is 11.6. The number of hydrogen-bond donors (Lipinski definition) is 0. The van der Waals surface area contributed by atoms with Crippen LogP contribution in [0.15, 0.2) is 60.7 Å². The summed E-state index contributed by atoms with van der Waals surface area (Å²) < 4.78 is 4.02. The topological polar surface area (TPSA) is 0 Å². The van der Waals surface area contributed by atoms with Crippen LogP contribution in [0.3, 0.4) is 0 Å². The third kappa shape index (κ3) is 2.36. The van der Waals surface area contributed by atoms with Gasteiger partial charge in [-0.3, -0.25) is 0 Å². The molecule has 4 aromatic rings. The number of thiophene rings is 1. The minimum absolute atomic E-state index is 1.28. The van der Waals surface area contributed by atoms with Crippen molar-refractivity contribution < 1.29 is 0 Å². The van der Waals surface area contributed by atoms with Crippen LogP contribution in [-0.2, 0) is 0 Å². The molecule has 0 saturated heterocycles. The zero-order chi connectivity index (χ0) is 14.4. The average molecular weight is 400 g/mol. The van der Waals surface area contributed by atoms with Crippen molar-refractivity contribution in [3.63, 3.8) is 0 Å². The van der Waals surface area contributed by atoms with Crippen molar-refractivity contribution in [2.45, 2.75) is 6.92 Å². The second kappa shape index (κ2) is 5.11. The summed E-state index contributed by atoms with van der Waals surface area (Å²) in [4.78, 5) is 0. The number of halogens is 1. The highest BCUT2D eigenvalue weighted by Gasteiger charge is 2.07. The zero-order valence-corrected chi connectivity index (χ0v) is 14.5. The lowest BCUT2D eigenvalue weighted by Crippen LogP contribution is -1.78. The van der Waals surface area contributed by atoms with Crippen LogP contribution in [-0.4, -0.2) is 0 Å². The number of rotatable bonds is 1. The highest BCUT2D eigenvalue weighted by Crippen LogP contribution is 2.37. The van der Waals surface area contributed by atoms with Gasteiger partial charge in [-0.05, 0) is 71.0 Å². The van der Waals surface area contributed by atoms with E-state index in [1.807, 2.05) is 11.3 Å². The van der Waals surface area contributed by atoms with E-state index in [0.717, 1.165) is 0 Å². The summed E-state index contributed by atoms with van der Waals surface area (Å²) in [5.74, 6) is 0. The number of hydrogen-bond acceptors (Lipinski definition) is 1. The number of benzene rings is 3. The first-order valence-corrected chi connectivity index (χ1v) is 8.79. The molecule has 0 aliphatic heterocycles. The Morgan fingerprint density at radius 3 is 2.10 bits per heavy atom. The van der Waals surface area contributed by atoms with Gasteiger partial charge in [0.25, 0.3) is 0 Å².